The number of hydrogen-bond acceptors (Lipinski definition) is 4. The van der Waals surface area contributed by atoms with Gasteiger partial charge in [-0.05, 0) is 77.0 Å². The first-order valence-corrected chi connectivity index (χ1v) is 21.5. The van der Waals surface area contributed by atoms with Crippen molar-refractivity contribution in [2.45, 2.75) is 174 Å². The van der Waals surface area contributed by atoms with Crippen LogP contribution >= 0.6 is 0 Å². The van der Waals surface area contributed by atoms with Crippen LogP contribution in [-0.2, 0) is 14.3 Å². The topological polar surface area (TPSA) is 55.8 Å². The SMILES string of the molecule is CC/C=C\C/C=C\C/C=C\C/C=C\C/C=C\CC(=O)OC(CO)COCCCCCCCCCCCCCCC/C=C\C/C=C\C/C=C\C/C=C\CC. The summed E-state index contributed by atoms with van der Waals surface area (Å²) < 4.78 is 11.1. The highest BCUT2D eigenvalue weighted by Crippen LogP contribution is 2.13. The number of carbonyl (C=O) groups is 1. The monoisotopic (exact) mass is 733 g/mol. The molecule has 0 radical (unpaired) electrons. The van der Waals surface area contributed by atoms with Gasteiger partial charge in [0.05, 0.1) is 19.6 Å². The molecule has 0 amide bonds. The second kappa shape index (κ2) is 45.2. The highest BCUT2D eigenvalue weighted by atomic mass is 16.6. The third-order valence-electron chi connectivity index (χ3n) is 8.63. The van der Waals surface area contributed by atoms with Crippen LogP contribution in [0.2, 0.25) is 0 Å². The first kappa shape index (κ1) is 50.1. The molecule has 4 heteroatoms. The van der Waals surface area contributed by atoms with E-state index in [1.165, 1.54) is 77.0 Å². The molecular weight excluding hydrogens is 653 g/mol. The summed E-state index contributed by atoms with van der Waals surface area (Å²) >= 11 is 0. The van der Waals surface area contributed by atoms with Gasteiger partial charge >= 0.3 is 5.97 Å². The zero-order valence-corrected chi connectivity index (χ0v) is 34.2. The largest absolute Gasteiger partial charge is 0.457 e. The third kappa shape index (κ3) is 43.3. The molecule has 0 aromatic carbocycles. The van der Waals surface area contributed by atoms with E-state index in [4.69, 9.17) is 9.47 Å². The average molecular weight is 733 g/mol. The van der Waals surface area contributed by atoms with Gasteiger partial charge in [0.2, 0.25) is 0 Å². The lowest BCUT2D eigenvalue weighted by atomic mass is 10.0. The molecule has 0 saturated carbocycles. The minimum Gasteiger partial charge on any atom is -0.457 e. The Morgan fingerprint density at radius 2 is 0.792 bits per heavy atom. The van der Waals surface area contributed by atoms with Gasteiger partial charge in [0, 0.05) is 6.61 Å². The Morgan fingerprint density at radius 1 is 0.453 bits per heavy atom. The highest BCUT2D eigenvalue weighted by molar-refractivity contribution is 5.71. The molecule has 0 aromatic rings. The normalized spacial score (nSPS) is 13.5. The van der Waals surface area contributed by atoms with E-state index in [0.717, 1.165) is 70.6 Å². The fourth-order valence-corrected chi connectivity index (χ4v) is 5.51. The molecule has 53 heavy (non-hydrogen) atoms. The van der Waals surface area contributed by atoms with Crippen molar-refractivity contribution >= 4 is 5.97 Å². The quantitative estimate of drug-likeness (QED) is 0.0390. The molecule has 1 N–H and O–H groups in total. The van der Waals surface area contributed by atoms with Crippen molar-refractivity contribution < 1.29 is 19.4 Å². The van der Waals surface area contributed by atoms with E-state index in [-0.39, 0.29) is 25.6 Å². The molecular formula is C49H80O4. The zero-order valence-electron chi connectivity index (χ0n) is 34.2. The zero-order chi connectivity index (χ0) is 38.4. The standard InChI is InChI=1S/C49H80O4/c1-3-5-7-9-11-13-15-17-19-20-21-22-23-24-25-26-27-28-29-31-33-35-37-39-41-43-45-52-47-48(46-50)53-49(51)44-42-40-38-36-34-32-30-18-16-14-12-10-8-6-4-2/h5-8,11-14,17-19,21-22,30,34,36,40,42,48,50H,3-4,9-10,15-16,20,23-29,31-33,35,37-39,41,43-47H2,1-2H3/b7-5-,8-6-,13-11-,14-12-,19-17-,22-21-,30-18-,36-34-,42-40-. The van der Waals surface area contributed by atoms with Crippen LogP contribution in [0.25, 0.3) is 0 Å². The second-order valence-corrected chi connectivity index (χ2v) is 13.7. The number of unbranched alkanes of at least 4 members (excludes halogenated alkanes) is 13. The van der Waals surface area contributed by atoms with E-state index in [1.807, 2.05) is 12.2 Å². The van der Waals surface area contributed by atoms with Crippen LogP contribution in [0.15, 0.2) is 109 Å². The summed E-state index contributed by atoms with van der Waals surface area (Å²) in [6, 6.07) is 0. The minimum absolute atomic E-state index is 0.206. The van der Waals surface area contributed by atoms with Crippen LogP contribution in [-0.4, -0.2) is 37.0 Å². The van der Waals surface area contributed by atoms with E-state index >= 15 is 0 Å². The van der Waals surface area contributed by atoms with Gasteiger partial charge in [-0.15, -0.1) is 0 Å². The number of hydrogen-bond donors (Lipinski definition) is 1. The average Bonchev–Trinajstić information content (AvgIpc) is 3.16. The molecule has 0 aliphatic carbocycles. The predicted molar refractivity (Wildman–Crippen MR) is 232 cm³/mol. The highest BCUT2D eigenvalue weighted by Gasteiger charge is 2.12. The fraction of sp³-hybridized carbons (Fsp3) is 0.612. The van der Waals surface area contributed by atoms with Crippen molar-refractivity contribution in [2.24, 2.45) is 0 Å². The van der Waals surface area contributed by atoms with Gasteiger partial charge in [0.15, 0.2) is 0 Å². The molecule has 0 bridgehead atoms. The van der Waals surface area contributed by atoms with Crippen molar-refractivity contribution in [3.05, 3.63) is 109 Å². The molecule has 0 spiro atoms. The Hall–Kier alpha value is -2.95. The number of ether oxygens (including phenoxy) is 2. The summed E-state index contributed by atoms with van der Waals surface area (Å²) in [7, 11) is 0. The van der Waals surface area contributed by atoms with Crippen molar-refractivity contribution in [2.75, 3.05) is 19.8 Å². The maximum Gasteiger partial charge on any atom is 0.310 e. The van der Waals surface area contributed by atoms with Gasteiger partial charge in [0.25, 0.3) is 0 Å². The van der Waals surface area contributed by atoms with Crippen molar-refractivity contribution in [3.8, 4) is 0 Å². The molecule has 300 valence electrons. The number of aliphatic hydroxyl groups is 1. The van der Waals surface area contributed by atoms with Gasteiger partial charge in [-0.25, -0.2) is 0 Å². The van der Waals surface area contributed by atoms with Crippen molar-refractivity contribution in [3.63, 3.8) is 0 Å². The van der Waals surface area contributed by atoms with E-state index in [9.17, 15) is 9.90 Å². The lowest BCUT2D eigenvalue weighted by molar-refractivity contribution is -0.153. The summed E-state index contributed by atoms with van der Waals surface area (Å²) in [6.45, 7) is 4.99. The van der Waals surface area contributed by atoms with Crippen LogP contribution in [0.5, 0.6) is 0 Å². The van der Waals surface area contributed by atoms with Crippen LogP contribution < -0.4 is 0 Å². The van der Waals surface area contributed by atoms with Crippen LogP contribution in [0, 0.1) is 0 Å². The summed E-state index contributed by atoms with van der Waals surface area (Å²) in [4.78, 5) is 12.1. The Labute approximate surface area is 327 Å². The molecule has 1 unspecified atom stereocenters. The third-order valence-corrected chi connectivity index (χ3v) is 8.63. The smallest absolute Gasteiger partial charge is 0.310 e. The Morgan fingerprint density at radius 3 is 1.19 bits per heavy atom. The number of rotatable bonds is 38. The molecule has 0 aliphatic rings. The van der Waals surface area contributed by atoms with E-state index < -0.39 is 6.10 Å². The summed E-state index contributed by atoms with van der Waals surface area (Å²) in [5, 5.41) is 9.58. The van der Waals surface area contributed by atoms with E-state index in [0.29, 0.717) is 6.61 Å². The molecule has 1 atom stereocenters. The molecule has 0 aromatic heterocycles. The number of aliphatic hydroxyl groups excluding tert-OH is 1. The predicted octanol–water partition coefficient (Wildman–Crippen LogP) is 14.3. The van der Waals surface area contributed by atoms with Gasteiger partial charge < -0.3 is 14.6 Å². The molecule has 0 rings (SSSR count). The Bertz CT molecular complexity index is 1040. The first-order chi connectivity index (χ1) is 26.2. The summed E-state index contributed by atoms with van der Waals surface area (Å²) in [5.41, 5.74) is 0. The van der Waals surface area contributed by atoms with Gasteiger partial charge in [0.1, 0.15) is 6.10 Å². The number of esters is 1. The summed E-state index contributed by atoms with van der Waals surface area (Å²) in [5.74, 6) is -0.331. The van der Waals surface area contributed by atoms with E-state index in [2.05, 4.69) is 111 Å². The Balaban J connectivity index is 3.53. The minimum atomic E-state index is -0.596. The van der Waals surface area contributed by atoms with Gasteiger partial charge in [-0.2, -0.15) is 0 Å². The molecule has 0 fully saturated rings. The molecule has 4 nitrogen and oxygen atoms in total. The maximum absolute atomic E-state index is 12.1. The maximum atomic E-state index is 12.1. The van der Waals surface area contributed by atoms with Crippen LogP contribution in [0.1, 0.15) is 168 Å². The van der Waals surface area contributed by atoms with E-state index in [1.54, 1.807) is 0 Å². The van der Waals surface area contributed by atoms with Gasteiger partial charge in [-0.3, -0.25) is 4.79 Å². The first-order valence-electron chi connectivity index (χ1n) is 21.5. The number of carbonyl (C=O) groups excluding carboxylic acids is 1. The number of allylic oxidation sites excluding steroid dienone is 17. The molecule has 0 heterocycles. The van der Waals surface area contributed by atoms with Gasteiger partial charge in [-0.1, -0.05) is 194 Å². The second-order valence-electron chi connectivity index (χ2n) is 13.7. The Kier molecular flexibility index (Phi) is 42.7. The van der Waals surface area contributed by atoms with Crippen LogP contribution in [0.3, 0.4) is 0 Å². The van der Waals surface area contributed by atoms with Crippen LogP contribution in [0.4, 0.5) is 0 Å². The van der Waals surface area contributed by atoms with Crippen molar-refractivity contribution in [1.82, 2.24) is 0 Å². The lowest BCUT2D eigenvalue weighted by Gasteiger charge is -2.15. The molecule has 0 saturated heterocycles. The summed E-state index contributed by atoms with van der Waals surface area (Å²) in [6.07, 6.45) is 66.1. The van der Waals surface area contributed by atoms with Crippen molar-refractivity contribution in [1.29, 1.82) is 0 Å². The molecule has 0 aliphatic heterocycles. The fourth-order valence-electron chi connectivity index (χ4n) is 5.51. The lowest BCUT2D eigenvalue weighted by Crippen LogP contribution is -2.27.